The van der Waals surface area contributed by atoms with E-state index in [-0.39, 0.29) is 18.6 Å². The minimum atomic E-state index is -0.561. The van der Waals surface area contributed by atoms with Gasteiger partial charge in [0.15, 0.2) is 0 Å². The molecule has 118 valence electrons. The van der Waals surface area contributed by atoms with Gasteiger partial charge in [0.2, 0.25) is 0 Å². The molecule has 0 radical (unpaired) electrons. The number of esters is 1. The molecule has 0 fully saturated rings. The molecule has 1 rings (SSSR count). The molecule has 0 aromatic carbocycles. The Kier molecular flexibility index (Phi) is 5.75. The first-order valence-electron chi connectivity index (χ1n) is 6.83. The summed E-state index contributed by atoms with van der Waals surface area (Å²) in [7, 11) is 1.33. The van der Waals surface area contributed by atoms with E-state index in [1.807, 2.05) is 6.92 Å². The molecule has 0 bridgehead atoms. The van der Waals surface area contributed by atoms with Crippen LogP contribution in [0.2, 0.25) is 0 Å². The normalized spacial score (nSPS) is 12.6. The van der Waals surface area contributed by atoms with E-state index in [4.69, 9.17) is 4.74 Å². The molecule has 1 heterocycles. The Morgan fingerprint density at radius 2 is 2.10 bits per heavy atom. The molecule has 1 atom stereocenters. The first kappa shape index (κ1) is 17.0. The van der Waals surface area contributed by atoms with Crippen molar-refractivity contribution >= 4 is 12.1 Å². The Bertz CT molecular complexity index is 491. The van der Waals surface area contributed by atoms with E-state index >= 15 is 0 Å². The molecular weight excluding hydrogens is 274 g/mol. The lowest BCUT2D eigenvalue weighted by Crippen LogP contribution is -2.35. The lowest BCUT2D eigenvalue weighted by atomic mass is 10.1. The van der Waals surface area contributed by atoms with Crippen LogP contribution in [-0.4, -0.2) is 34.3 Å². The topological polar surface area (TPSA) is 82.5 Å². The number of imidazole rings is 1. The van der Waals surface area contributed by atoms with Crippen molar-refractivity contribution in [1.82, 2.24) is 14.9 Å². The van der Waals surface area contributed by atoms with Crippen molar-refractivity contribution in [2.75, 3.05) is 7.11 Å². The van der Waals surface area contributed by atoms with Crippen LogP contribution in [0, 0.1) is 0 Å². The predicted molar refractivity (Wildman–Crippen MR) is 76.6 cm³/mol. The van der Waals surface area contributed by atoms with E-state index in [9.17, 15) is 9.59 Å². The number of ether oxygens (including phenoxy) is 2. The van der Waals surface area contributed by atoms with Crippen LogP contribution in [0.15, 0.2) is 12.5 Å². The average molecular weight is 297 g/mol. The van der Waals surface area contributed by atoms with Crippen LogP contribution >= 0.6 is 0 Å². The summed E-state index contributed by atoms with van der Waals surface area (Å²) in [5.41, 5.74) is 0.169. The fourth-order valence-electron chi connectivity index (χ4n) is 1.79. The highest BCUT2D eigenvalue weighted by atomic mass is 16.6. The minimum Gasteiger partial charge on any atom is -0.468 e. The third kappa shape index (κ3) is 5.45. The molecule has 0 aliphatic heterocycles. The maximum absolute atomic E-state index is 11.9. The predicted octanol–water partition coefficient (Wildman–Crippen LogP) is 2.03. The van der Waals surface area contributed by atoms with Crippen molar-refractivity contribution in [2.24, 2.45) is 0 Å². The maximum Gasteiger partial charge on any atom is 0.408 e. The Labute approximate surface area is 124 Å². The van der Waals surface area contributed by atoms with E-state index in [1.165, 1.54) is 13.4 Å². The van der Waals surface area contributed by atoms with Crippen molar-refractivity contribution in [3.8, 4) is 0 Å². The number of alkyl carbamates (subject to hydrolysis) is 1. The second-order valence-corrected chi connectivity index (χ2v) is 5.63. The maximum atomic E-state index is 11.9. The largest absolute Gasteiger partial charge is 0.468 e. The molecule has 21 heavy (non-hydrogen) atoms. The van der Waals surface area contributed by atoms with Gasteiger partial charge in [-0.3, -0.25) is 4.79 Å². The van der Waals surface area contributed by atoms with Gasteiger partial charge in [0.1, 0.15) is 12.1 Å². The molecule has 1 amide bonds. The number of carbonyl (C=O) groups is 2. The molecule has 0 aliphatic carbocycles. The second-order valence-electron chi connectivity index (χ2n) is 5.63. The van der Waals surface area contributed by atoms with Crippen LogP contribution in [0.25, 0.3) is 0 Å². The smallest absolute Gasteiger partial charge is 0.408 e. The van der Waals surface area contributed by atoms with Gasteiger partial charge in [0.25, 0.3) is 0 Å². The third-order valence-electron chi connectivity index (χ3n) is 2.73. The molecule has 7 nitrogen and oxygen atoms in total. The van der Waals surface area contributed by atoms with Crippen LogP contribution in [0.5, 0.6) is 0 Å². The van der Waals surface area contributed by atoms with E-state index in [2.05, 4.69) is 15.0 Å². The van der Waals surface area contributed by atoms with E-state index in [1.54, 1.807) is 31.5 Å². The number of methoxy groups -OCH3 is 1. The summed E-state index contributed by atoms with van der Waals surface area (Å²) in [5.74, 6) is -0.374. The van der Waals surface area contributed by atoms with Gasteiger partial charge in [-0.05, 0) is 27.2 Å². The number of nitrogens with zero attached hydrogens (tertiary/aromatic N) is 2. The molecule has 1 N–H and O–H groups in total. The zero-order valence-electron chi connectivity index (χ0n) is 13.2. The SMILES string of the molecule is CC[C@@H](NC(=O)OC(C)(C)C)c1cncn1CC(=O)OC. The van der Waals surface area contributed by atoms with Gasteiger partial charge >= 0.3 is 12.1 Å². The molecule has 1 aromatic heterocycles. The summed E-state index contributed by atoms with van der Waals surface area (Å²) in [6, 6.07) is -0.285. The number of rotatable bonds is 5. The summed E-state index contributed by atoms with van der Waals surface area (Å²) in [6.07, 6.45) is 3.30. The van der Waals surface area contributed by atoms with Crippen LogP contribution in [0.3, 0.4) is 0 Å². The molecule has 0 spiro atoms. The number of hydrogen-bond acceptors (Lipinski definition) is 5. The zero-order chi connectivity index (χ0) is 16.0. The van der Waals surface area contributed by atoms with Gasteiger partial charge in [0, 0.05) is 0 Å². The molecular formula is C14H23N3O4. The molecule has 1 aromatic rings. The molecule has 0 aliphatic rings. The summed E-state index contributed by atoms with van der Waals surface area (Å²) in [6.45, 7) is 7.38. The summed E-state index contributed by atoms with van der Waals surface area (Å²) >= 11 is 0. The Morgan fingerprint density at radius 3 is 2.62 bits per heavy atom. The number of hydrogen-bond donors (Lipinski definition) is 1. The standard InChI is InChI=1S/C14H23N3O4/c1-6-10(16-13(19)21-14(2,3)4)11-7-15-9-17(11)8-12(18)20-5/h7,9-10H,6,8H2,1-5H3,(H,16,19)/t10-/m1/s1. The zero-order valence-corrected chi connectivity index (χ0v) is 13.2. The third-order valence-corrected chi connectivity index (χ3v) is 2.73. The van der Waals surface area contributed by atoms with Crippen LogP contribution in [0.4, 0.5) is 4.79 Å². The van der Waals surface area contributed by atoms with Crippen LogP contribution in [-0.2, 0) is 20.8 Å². The van der Waals surface area contributed by atoms with E-state index in [0.717, 1.165) is 5.69 Å². The summed E-state index contributed by atoms with van der Waals surface area (Å²) in [5, 5.41) is 2.78. The second kappa shape index (κ2) is 7.10. The highest BCUT2D eigenvalue weighted by Gasteiger charge is 2.22. The van der Waals surface area contributed by atoms with Gasteiger partial charge < -0.3 is 19.4 Å². The number of aromatic nitrogens is 2. The van der Waals surface area contributed by atoms with Crippen LogP contribution in [0.1, 0.15) is 45.9 Å². The number of nitrogens with one attached hydrogen (secondary N) is 1. The van der Waals surface area contributed by atoms with Crippen molar-refractivity contribution < 1.29 is 19.1 Å². The molecule has 0 saturated heterocycles. The van der Waals surface area contributed by atoms with Crippen LogP contribution < -0.4 is 5.32 Å². The summed E-state index contributed by atoms with van der Waals surface area (Å²) < 4.78 is 11.5. The van der Waals surface area contributed by atoms with E-state index < -0.39 is 11.7 Å². The highest BCUT2D eigenvalue weighted by molar-refractivity contribution is 5.69. The fourth-order valence-corrected chi connectivity index (χ4v) is 1.79. The van der Waals surface area contributed by atoms with Gasteiger partial charge in [-0.25, -0.2) is 9.78 Å². The average Bonchev–Trinajstić information content (AvgIpc) is 2.81. The van der Waals surface area contributed by atoms with Gasteiger partial charge in [-0.1, -0.05) is 6.92 Å². The van der Waals surface area contributed by atoms with E-state index in [0.29, 0.717) is 6.42 Å². The van der Waals surface area contributed by atoms with Gasteiger partial charge in [0.05, 0.1) is 31.4 Å². The monoisotopic (exact) mass is 297 g/mol. The first-order valence-corrected chi connectivity index (χ1v) is 6.83. The number of amides is 1. The lowest BCUT2D eigenvalue weighted by Gasteiger charge is -2.23. The fraction of sp³-hybridized carbons (Fsp3) is 0.643. The first-order chi connectivity index (χ1) is 9.76. The highest BCUT2D eigenvalue weighted by Crippen LogP contribution is 2.17. The molecule has 0 unspecified atom stereocenters. The van der Waals surface area contributed by atoms with Gasteiger partial charge in [-0.2, -0.15) is 0 Å². The van der Waals surface area contributed by atoms with Gasteiger partial charge in [-0.15, -0.1) is 0 Å². The number of carbonyl (C=O) groups excluding carboxylic acids is 2. The van der Waals surface area contributed by atoms with Crippen molar-refractivity contribution in [3.05, 3.63) is 18.2 Å². The quantitative estimate of drug-likeness (QED) is 0.841. The Hall–Kier alpha value is -2.05. The Balaban J connectivity index is 2.79. The van der Waals surface area contributed by atoms with Crippen molar-refractivity contribution in [3.63, 3.8) is 0 Å². The van der Waals surface area contributed by atoms with Crippen molar-refractivity contribution in [2.45, 2.75) is 52.3 Å². The lowest BCUT2D eigenvalue weighted by molar-refractivity contribution is -0.141. The molecule has 0 saturated carbocycles. The molecule has 7 heteroatoms. The van der Waals surface area contributed by atoms with Crippen molar-refractivity contribution in [1.29, 1.82) is 0 Å². The Morgan fingerprint density at radius 1 is 1.43 bits per heavy atom. The summed E-state index contributed by atoms with van der Waals surface area (Å²) in [4.78, 5) is 27.3. The minimum absolute atomic E-state index is 0.0539.